The van der Waals surface area contributed by atoms with Crippen molar-refractivity contribution in [1.82, 2.24) is 0 Å². The summed E-state index contributed by atoms with van der Waals surface area (Å²) in [6, 6.07) is 3.72. The van der Waals surface area contributed by atoms with Gasteiger partial charge in [0.05, 0.1) is 6.26 Å². The van der Waals surface area contributed by atoms with Crippen molar-refractivity contribution in [3.8, 4) is 0 Å². The van der Waals surface area contributed by atoms with E-state index in [1.807, 2.05) is 32.1 Å². The van der Waals surface area contributed by atoms with Gasteiger partial charge < -0.3 is 4.42 Å². The van der Waals surface area contributed by atoms with Gasteiger partial charge >= 0.3 is 0 Å². The molecular weight excluding hydrogens is 188 g/mol. The molecule has 1 fully saturated rings. The van der Waals surface area contributed by atoms with Crippen LogP contribution in [-0.2, 0) is 4.79 Å². The molecule has 1 aliphatic carbocycles. The van der Waals surface area contributed by atoms with Gasteiger partial charge in [0.25, 0.3) is 0 Å². The van der Waals surface area contributed by atoms with E-state index in [0.29, 0.717) is 0 Å². The Hall–Kier alpha value is -1.31. The van der Waals surface area contributed by atoms with Crippen LogP contribution in [0.3, 0.4) is 0 Å². The lowest BCUT2D eigenvalue weighted by molar-refractivity contribution is -0.124. The van der Waals surface area contributed by atoms with Crippen molar-refractivity contribution in [2.24, 2.45) is 5.41 Å². The predicted octanol–water partition coefficient (Wildman–Crippen LogP) is 3.44. The first-order valence-corrected chi connectivity index (χ1v) is 5.38. The third kappa shape index (κ3) is 2.04. The molecule has 2 heteroatoms. The van der Waals surface area contributed by atoms with Crippen LogP contribution in [0.25, 0.3) is 6.08 Å². The van der Waals surface area contributed by atoms with E-state index < -0.39 is 0 Å². The maximum absolute atomic E-state index is 12.1. The van der Waals surface area contributed by atoms with Crippen molar-refractivity contribution in [3.05, 3.63) is 29.7 Å². The molecule has 15 heavy (non-hydrogen) atoms. The monoisotopic (exact) mass is 204 g/mol. The van der Waals surface area contributed by atoms with E-state index >= 15 is 0 Å². The summed E-state index contributed by atoms with van der Waals surface area (Å²) in [6.45, 7) is 4.04. The molecule has 1 aromatic rings. The third-order valence-electron chi connectivity index (χ3n) is 3.01. The minimum Gasteiger partial charge on any atom is -0.465 e. The average Bonchev–Trinajstić information content (AvgIpc) is 2.65. The summed E-state index contributed by atoms with van der Waals surface area (Å²) in [5.41, 5.74) is 0.706. The highest BCUT2D eigenvalue weighted by molar-refractivity contribution is 6.03. The first-order chi connectivity index (χ1) is 7.09. The molecule has 1 aliphatic rings. The van der Waals surface area contributed by atoms with Gasteiger partial charge in [0.2, 0.25) is 0 Å². The fourth-order valence-corrected chi connectivity index (χ4v) is 2.07. The summed E-state index contributed by atoms with van der Waals surface area (Å²) in [7, 11) is 0. The SMILES string of the molecule is CC1(C)CCC/C(=C\c2ccco2)C1=O. The molecule has 0 aliphatic heterocycles. The predicted molar refractivity (Wildman–Crippen MR) is 59.3 cm³/mol. The Morgan fingerprint density at radius 3 is 2.93 bits per heavy atom. The fourth-order valence-electron chi connectivity index (χ4n) is 2.07. The summed E-state index contributed by atoms with van der Waals surface area (Å²) in [5, 5.41) is 0. The van der Waals surface area contributed by atoms with Gasteiger partial charge in [0, 0.05) is 5.41 Å². The maximum atomic E-state index is 12.1. The molecule has 1 heterocycles. The minimum absolute atomic E-state index is 0.198. The molecule has 0 N–H and O–H groups in total. The fraction of sp³-hybridized carbons (Fsp3) is 0.462. The first kappa shape index (κ1) is 10.2. The number of allylic oxidation sites excluding steroid dienone is 1. The standard InChI is InChI=1S/C13H16O2/c1-13(2)7-3-5-10(12(13)14)9-11-6-4-8-15-11/h4,6,8-9H,3,5,7H2,1-2H3/b10-9+. The Balaban J connectivity index is 2.26. The Morgan fingerprint density at radius 1 is 1.47 bits per heavy atom. The number of rotatable bonds is 1. The number of Topliss-reactive ketones (excluding diaryl/α,β-unsaturated/α-hetero) is 1. The van der Waals surface area contributed by atoms with E-state index in [0.717, 1.165) is 30.6 Å². The molecule has 0 saturated heterocycles. The van der Waals surface area contributed by atoms with Crippen LogP contribution in [-0.4, -0.2) is 5.78 Å². The number of hydrogen-bond acceptors (Lipinski definition) is 2. The maximum Gasteiger partial charge on any atom is 0.164 e. The lowest BCUT2D eigenvalue weighted by Gasteiger charge is -2.29. The Bertz CT molecular complexity index is 383. The van der Waals surface area contributed by atoms with Crippen molar-refractivity contribution in [2.75, 3.05) is 0 Å². The van der Waals surface area contributed by atoms with E-state index in [1.54, 1.807) is 6.26 Å². The Morgan fingerprint density at radius 2 is 2.27 bits per heavy atom. The number of carbonyl (C=O) groups is 1. The molecule has 0 aromatic carbocycles. The molecular formula is C13H16O2. The van der Waals surface area contributed by atoms with Crippen LogP contribution in [0.15, 0.2) is 28.4 Å². The zero-order valence-electron chi connectivity index (χ0n) is 9.25. The van der Waals surface area contributed by atoms with Crippen molar-refractivity contribution < 1.29 is 9.21 Å². The summed E-state index contributed by atoms with van der Waals surface area (Å²) in [4.78, 5) is 12.1. The molecule has 0 unspecified atom stereocenters. The lowest BCUT2D eigenvalue weighted by Crippen LogP contribution is -2.29. The number of carbonyl (C=O) groups excluding carboxylic acids is 1. The van der Waals surface area contributed by atoms with Crippen LogP contribution in [0.4, 0.5) is 0 Å². The second-order valence-corrected chi connectivity index (χ2v) is 4.75. The largest absolute Gasteiger partial charge is 0.465 e. The molecule has 0 bridgehead atoms. The molecule has 2 rings (SSSR count). The molecule has 1 aromatic heterocycles. The zero-order chi connectivity index (χ0) is 10.9. The average molecular weight is 204 g/mol. The molecule has 0 atom stereocenters. The van der Waals surface area contributed by atoms with Crippen molar-refractivity contribution in [1.29, 1.82) is 0 Å². The summed E-state index contributed by atoms with van der Waals surface area (Å²) >= 11 is 0. The normalized spacial score (nSPS) is 23.3. The Labute approximate surface area is 90.0 Å². The summed E-state index contributed by atoms with van der Waals surface area (Å²) in [5.74, 6) is 1.04. The van der Waals surface area contributed by atoms with Crippen LogP contribution in [0.5, 0.6) is 0 Å². The summed E-state index contributed by atoms with van der Waals surface area (Å²) in [6.07, 6.45) is 6.46. The smallest absolute Gasteiger partial charge is 0.164 e. The van der Waals surface area contributed by atoms with Gasteiger partial charge in [0.1, 0.15) is 5.76 Å². The van der Waals surface area contributed by atoms with E-state index in [9.17, 15) is 4.79 Å². The van der Waals surface area contributed by atoms with Crippen molar-refractivity contribution in [2.45, 2.75) is 33.1 Å². The molecule has 2 nitrogen and oxygen atoms in total. The van der Waals surface area contributed by atoms with Gasteiger partial charge in [0.15, 0.2) is 5.78 Å². The lowest BCUT2D eigenvalue weighted by atomic mass is 9.74. The van der Waals surface area contributed by atoms with Crippen LogP contribution in [0.2, 0.25) is 0 Å². The zero-order valence-corrected chi connectivity index (χ0v) is 9.25. The molecule has 1 saturated carbocycles. The van der Waals surface area contributed by atoms with Gasteiger partial charge in [-0.3, -0.25) is 4.79 Å². The third-order valence-corrected chi connectivity index (χ3v) is 3.01. The molecule has 0 spiro atoms. The van der Waals surface area contributed by atoms with E-state index in [-0.39, 0.29) is 11.2 Å². The van der Waals surface area contributed by atoms with Crippen molar-refractivity contribution in [3.63, 3.8) is 0 Å². The van der Waals surface area contributed by atoms with Crippen LogP contribution < -0.4 is 0 Å². The second kappa shape index (κ2) is 3.69. The number of ketones is 1. The molecule has 0 amide bonds. The topological polar surface area (TPSA) is 30.2 Å². The highest BCUT2D eigenvalue weighted by Crippen LogP contribution is 2.35. The van der Waals surface area contributed by atoms with Gasteiger partial charge in [-0.2, -0.15) is 0 Å². The highest BCUT2D eigenvalue weighted by atomic mass is 16.3. The number of hydrogen-bond donors (Lipinski definition) is 0. The Kier molecular flexibility index (Phi) is 2.51. The van der Waals surface area contributed by atoms with Gasteiger partial charge in [-0.15, -0.1) is 0 Å². The minimum atomic E-state index is -0.198. The van der Waals surface area contributed by atoms with Gasteiger partial charge in [-0.25, -0.2) is 0 Å². The van der Waals surface area contributed by atoms with Crippen molar-refractivity contribution >= 4 is 11.9 Å². The van der Waals surface area contributed by atoms with E-state index in [2.05, 4.69) is 0 Å². The highest BCUT2D eigenvalue weighted by Gasteiger charge is 2.33. The van der Waals surface area contributed by atoms with E-state index in [4.69, 9.17) is 4.42 Å². The molecule has 0 radical (unpaired) electrons. The van der Waals surface area contributed by atoms with Gasteiger partial charge in [-0.05, 0) is 43.0 Å². The van der Waals surface area contributed by atoms with E-state index in [1.165, 1.54) is 0 Å². The van der Waals surface area contributed by atoms with Crippen LogP contribution in [0, 0.1) is 5.41 Å². The summed E-state index contributed by atoms with van der Waals surface area (Å²) < 4.78 is 5.22. The van der Waals surface area contributed by atoms with Gasteiger partial charge in [-0.1, -0.05) is 13.8 Å². The molecule has 80 valence electrons. The quantitative estimate of drug-likeness (QED) is 0.656. The van der Waals surface area contributed by atoms with Crippen LogP contribution in [0.1, 0.15) is 38.9 Å². The number of furan rings is 1. The second-order valence-electron chi connectivity index (χ2n) is 4.75. The van der Waals surface area contributed by atoms with Crippen LogP contribution >= 0.6 is 0 Å². The first-order valence-electron chi connectivity index (χ1n) is 5.38.